The number of anilines is 1. The summed E-state index contributed by atoms with van der Waals surface area (Å²) in [7, 11) is 3.38. The predicted molar refractivity (Wildman–Crippen MR) is 81.3 cm³/mol. The van der Waals surface area contributed by atoms with Crippen LogP contribution in [0.5, 0.6) is 5.75 Å². The van der Waals surface area contributed by atoms with Crippen LogP contribution in [0.2, 0.25) is 0 Å². The Morgan fingerprint density at radius 1 is 1.30 bits per heavy atom. The number of hydrogen-bond acceptors (Lipinski definition) is 3. The molecule has 0 saturated heterocycles. The van der Waals surface area contributed by atoms with Gasteiger partial charge in [-0.05, 0) is 48.9 Å². The second-order valence-electron chi connectivity index (χ2n) is 5.30. The van der Waals surface area contributed by atoms with Crippen molar-refractivity contribution >= 4 is 11.6 Å². The highest BCUT2D eigenvalue weighted by atomic mass is 16.5. The van der Waals surface area contributed by atoms with Crippen molar-refractivity contribution in [1.82, 2.24) is 0 Å². The molecule has 1 aliphatic carbocycles. The van der Waals surface area contributed by atoms with Gasteiger partial charge in [-0.3, -0.25) is 4.99 Å². The molecule has 0 spiro atoms. The van der Waals surface area contributed by atoms with Crippen molar-refractivity contribution in [3.8, 4) is 5.75 Å². The van der Waals surface area contributed by atoms with Gasteiger partial charge in [-0.25, -0.2) is 0 Å². The van der Waals surface area contributed by atoms with Crippen LogP contribution in [0.3, 0.4) is 0 Å². The molecule has 1 fully saturated rings. The summed E-state index contributed by atoms with van der Waals surface area (Å²) in [6.45, 7) is 1.56. The van der Waals surface area contributed by atoms with Gasteiger partial charge in [-0.1, -0.05) is 0 Å². The van der Waals surface area contributed by atoms with E-state index in [0.29, 0.717) is 11.4 Å². The standard InChI is InChI=1S/C15H23N3O2/c1-19-10-9-15(7-8-15)11-17-14(16)18-12-3-5-13(20-2)6-4-12/h3-6H,7-11H2,1-2H3,(H3,16,17,18). The third-order valence-electron chi connectivity index (χ3n) is 3.74. The van der Waals surface area contributed by atoms with Crippen LogP contribution in [0.1, 0.15) is 19.3 Å². The van der Waals surface area contributed by atoms with E-state index in [1.807, 2.05) is 24.3 Å². The molecule has 0 aromatic heterocycles. The fraction of sp³-hybridized carbons (Fsp3) is 0.533. The molecule has 0 heterocycles. The van der Waals surface area contributed by atoms with Gasteiger partial charge in [0.1, 0.15) is 5.75 Å². The lowest BCUT2D eigenvalue weighted by Gasteiger charge is -2.12. The maximum Gasteiger partial charge on any atom is 0.193 e. The van der Waals surface area contributed by atoms with Gasteiger partial charge in [0.05, 0.1) is 7.11 Å². The summed E-state index contributed by atoms with van der Waals surface area (Å²) in [5.74, 6) is 1.28. The Morgan fingerprint density at radius 2 is 2.00 bits per heavy atom. The average Bonchev–Trinajstić information content (AvgIpc) is 3.24. The van der Waals surface area contributed by atoms with Crippen LogP contribution in [-0.2, 0) is 4.74 Å². The summed E-state index contributed by atoms with van der Waals surface area (Å²) in [6, 6.07) is 7.60. The van der Waals surface area contributed by atoms with Crippen molar-refractivity contribution in [2.24, 2.45) is 16.1 Å². The zero-order chi connectivity index (χ0) is 14.4. The van der Waals surface area contributed by atoms with E-state index < -0.39 is 0 Å². The summed E-state index contributed by atoms with van der Waals surface area (Å²) in [6.07, 6.45) is 3.49. The van der Waals surface area contributed by atoms with Crippen LogP contribution in [-0.4, -0.2) is 33.3 Å². The van der Waals surface area contributed by atoms with Crippen LogP contribution >= 0.6 is 0 Å². The van der Waals surface area contributed by atoms with Crippen molar-refractivity contribution in [2.45, 2.75) is 19.3 Å². The lowest BCUT2D eigenvalue weighted by atomic mass is 10.0. The Bertz CT molecular complexity index is 453. The van der Waals surface area contributed by atoms with Gasteiger partial charge < -0.3 is 20.5 Å². The maximum atomic E-state index is 5.92. The first kappa shape index (κ1) is 14.7. The second kappa shape index (κ2) is 6.61. The fourth-order valence-electron chi connectivity index (χ4n) is 2.10. The molecule has 3 N–H and O–H groups in total. The Balaban J connectivity index is 1.84. The van der Waals surface area contributed by atoms with Gasteiger partial charge in [0.25, 0.3) is 0 Å². The molecule has 0 aliphatic heterocycles. The molecule has 0 unspecified atom stereocenters. The van der Waals surface area contributed by atoms with Crippen LogP contribution < -0.4 is 15.8 Å². The number of hydrogen-bond donors (Lipinski definition) is 2. The number of aliphatic imine (C=N–C) groups is 1. The van der Waals surface area contributed by atoms with E-state index >= 15 is 0 Å². The summed E-state index contributed by atoms with van der Waals surface area (Å²) in [5.41, 5.74) is 7.15. The van der Waals surface area contributed by atoms with Gasteiger partial charge in [0.15, 0.2) is 5.96 Å². The fourth-order valence-corrected chi connectivity index (χ4v) is 2.10. The van der Waals surface area contributed by atoms with E-state index in [-0.39, 0.29) is 0 Å². The highest BCUT2D eigenvalue weighted by molar-refractivity contribution is 5.92. The first-order valence-electron chi connectivity index (χ1n) is 6.87. The molecule has 1 aliphatic rings. The highest BCUT2D eigenvalue weighted by Gasteiger charge is 2.41. The molecule has 0 amide bonds. The average molecular weight is 277 g/mol. The summed E-state index contributed by atoms with van der Waals surface area (Å²) in [4.78, 5) is 4.45. The molecular formula is C15H23N3O2. The molecule has 0 atom stereocenters. The lowest BCUT2D eigenvalue weighted by Crippen LogP contribution is -2.24. The Hall–Kier alpha value is -1.75. The van der Waals surface area contributed by atoms with Gasteiger partial charge >= 0.3 is 0 Å². The molecule has 1 saturated carbocycles. The molecule has 5 heteroatoms. The second-order valence-corrected chi connectivity index (χ2v) is 5.30. The Kier molecular flexibility index (Phi) is 4.84. The summed E-state index contributed by atoms with van der Waals surface area (Å²) in [5, 5.41) is 3.09. The normalized spacial score (nSPS) is 16.8. The molecule has 5 nitrogen and oxygen atoms in total. The van der Waals surface area contributed by atoms with Crippen molar-refractivity contribution < 1.29 is 9.47 Å². The number of ether oxygens (including phenoxy) is 2. The summed E-state index contributed by atoms with van der Waals surface area (Å²) < 4.78 is 10.2. The number of nitrogens with one attached hydrogen (secondary N) is 1. The minimum Gasteiger partial charge on any atom is -0.497 e. The van der Waals surface area contributed by atoms with Crippen molar-refractivity contribution in [1.29, 1.82) is 0 Å². The number of benzene rings is 1. The van der Waals surface area contributed by atoms with Crippen LogP contribution in [0, 0.1) is 5.41 Å². The zero-order valence-electron chi connectivity index (χ0n) is 12.2. The van der Waals surface area contributed by atoms with Gasteiger partial charge in [0, 0.05) is 25.9 Å². The minimum atomic E-state index is 0.322. The molecule has 0 radical (unpaired) electrons. The molecule has 110 valence electrons. The number of rotatable bonds is 7. The van der Waals surface area contributed by atoms with Crippen molar-refractivity contribution in [3.05, 3.63) is 24.3 Å². The van der Waals surface area contributed by atoms with Crippen LogP contribution in [0.4, 0.5) is 5.69 Å². The molecule has 0 bridgehead atoms. The minimum absolute atomic E-state index is 0.322. The zero-order valence-corrected chi connectivity index (χ0v) is 12.2. The number of guanidine groups is 1. The first-order valence-corrected chi connectivity index (χ1v) is 6.87. The van der Waals surface area contributed by atoms with Crippen LogP contribution in [0.15, 0.2) is 29.3 Å². The van der Waals surface area contributed by atoms with Gasteiger partial charge in [0.2, 0.25) is 0 Å². The quantitative estimate of drug-likeness (QED) is 0.592. The number of nitrogens with zero attached hydrogens (tertiary/aromatic N) is 1. The monoisotopic (exact) mass is 277 g/mol. The topological polar surface area (TPSA) is 68.9 Å². The van der Waals surface area contributed by atoms with E-state index in [9.17, 15) is 0 Å². The number of nitrogens with two attached hydrogens (primary N) is 1. The van der Waals surface area contributed by atoms with Crippen molar-refractivity contribution in [2.75, 3.05) is 32.7 Å². The smallest absolute Gasteiger partial charge is 0.193 e. The highest BCUT2D eigenvalue weighted by Crippen LogP contribution is 2.48. The molecule has 1 aromatic rings. The Morgan fingerprint density at radius 3 is 2.55 bits per heavy atom. The third kappa shape index (κ3) is 4.13. The molecule has 1 aromatic carbocycles. The van der Waals surface area contributed by atoms with E-state index in [4.69, 9.17) is 15.2 Å². The lowest BCUT2D eigenvalue weighted by molar-refractivity contribution is 0.174. The van der Waals surface area contributed by atoms with E-state index in [1.165, 1.54) is 12.8 Å². The predicted octanol–water partition coefficient (Wildman–Crippen LogP) is 2.24. The Labute approximate surface area is 120 Å². The molecular weight excluding hydrogens is 254 g/mol. The van der Waals surface area contributed by atoms with Gasteiger partial charge in [-0.2, -0.15) is 0 Å². The number of methoxy groups -OCH3 is 2. The molecule has 2 rings (SSSR count). The third-order valence-corrected chi connectivity index (χ3v) is 3.74. The van der Waals surface area contributed by atoms with Crippen molar-refractivity contribution in [3.63, 3.8) is 0 Å². The van der Waals surface area contributed by atoms with E-state index in [2.05, 4.69) is 10.3 Å². The van der Waals surface area contributed by atoms with E-state index in [1.54, 1.807) is 14.2 Å². The largest absolute Gasteiger partial charge is 0.497 e. The maximum absolute atomic E-state index is 5.92. The SMILES string of the molecule is COCCC1(CN=C(N)Nc2ccc(OC)cc2)CC1. The first-order chi connectivity index (χ1) is 9.67. The van der Waals surface area contributed by atoms with Crippen LogP contribution in [0.25, 0.3) is 0 Å². The summed E-state index contributed by atoms with van der Waals surface area (Å²) >= 11 is 0. The molecule has 20 heavy (non-hydrogen) atoms. The van der Waals surface area contributed by atoms with Gasteiger partial charge in [-0.15, -0.1) is 0 Å². The van der Waals surface area contributed by atoms with E-state index in [0.717, 1.165) is 31.0 Å².